The quantitative estimate of drug-likeness (QED) is 0.503. The molecule has 30 heavy (non-hydrogen) atoms. The summed E-state index contributed by atoms with van der Waals surface area (Å²) in [7, 11) is 0. The number of amides is 1. The first-order chi connectivity index (χ1) is 14.5. The Balaban J connectivity index is 1.65. The summed E-state index contributed by atoms with van der Waals surface area (Å²) in [6, 6.07) is 2.16. The average Bonchev–Trinajstić information content (AvgIpc) is 3.48. The number of aromatic nitrogens is 3. The van der Waals surface area contributed by atoms with Crippen LogP contribution in [0.2, 0.25) is 0 Å². The highest BCUT2D eigenvalue weighted by molar-refractivity contribution is 5.93. The molecule has 7 nitrogen and oxygen atoms in total. The summed E-state index contributed by atoms with van der Waals surface area (Å²) in [6.45, 7) is 0.101. The van der Waals surface area contributed by atoms with E-state index in [1.54, 1.807) is 0 Å². The van der Waals surface area contributed by atoms with Crippen molar-refractivity contribution in [2.24, 2.45) is 0 Å². The van der Waals surface area contributed by atoms with Crippen LogP contribution in [0, 0.1) is 11.6 Å². The lowest BCUT2D eigenvalue weighted by atomic mass is 9.99. The maximum Gasteiger partial charge on any atom is 0.292 e. The van der Waals surface area contributed by atoms with Gasteiger partial charge in [0.25, 0.3) is 12.3 Å². The van der Waals surface area contributed by atoms with E-state index in [4.69, 9.17) is 8.83 Å². The van der Waals surface area contributed by atoms with Crippen LogP contribution >= 0.6 is 0 Å². The molecule has 11 heteroatoms. The van der Waals surface area contributed by atoms with Gasteiger partial charge in [0.15, 0.2) is 23.5 Å². The van der Waals surface area contributed by atoms with Gasteiger partial charge >= 0.3 is 0 Å². The van der Waals surface area contributed by atoms with E-state index in [0.29, 0.717) is 17.8 Å². The van der Waals surface area contributed by atoms with E-state index in [-0.39, 0.29) is 23.3 Å². The summed E-state index contributed by atoms with van der Waals surface area (Å²) in [4.78, 5) is 24.9. The lowest BCUT2D eigenvalue weighted by Gasteiger charge is -2.33. The number of oxazole rings is 1. The van der Waals surface area contributed by atoms with Gasteiger partial charge in [0.2, 0.25) is 5.76 Å². The summed E-state index contributed by atoms with van der Waals surface area (Å²) in [5, 5.41) is -0.104. The first-order valence-corrected chi connectivity index (χ1v) is 8.87. The van der Waals surface area contributed by atoms with Crippen LogP contribution in [0.4, 0.5) is 17.6 Å². The van der Waals surface area contributed by atoms with E-state index in [1.165, 1.54) is 17.3 Å². The van der Waals surface area contributed by atoms with Gasteiger partial charge in [-0.1, -0.05) is 0 Å². The first kappa shape index (κ1) is 18.4. The molecule has 1 N–H and O–H groups in total. The van der Waals surface area contributed by atoms with Crippen molar-refractivity contribution in [1.82, 2.24) is 19.9 Å². The minimum atomic E-state index is -3.01. The third-order valence-corrected chi connectivity index (χ3v) is 5.05. The van der Waals surface area contributed by atoms with Crippen LogP contribution in [-0.2, 0) is 6.42 Å². The van der Waals surface area contributed by atoms with Gasteiger partial charge < -0.3 is 18.7 Å². The minimum absolute atomic E-state index is 0.0357. The molecule has 1 atom stereocenters. The Labute approximate surface area is 165 Å². The number of nitrogens with one attached hydrogen (secondary N) is 1. The zero-order valence-corrected chi connectivity index (χ0v) is 15.0. The summed E-state index contributed by atoms with van der Waals surface area (Å²) in [5.41, 5.74) is -0.0223. The summed E-state index contributed by atoms with van der Waals surface area (Å²) >= 11 is 0. The summed E-state index contributed by atoms with van der Waals surface area (Å²) in [5.74, 6) is -2.91. The van der Waals surface area contributed by atoms with Crippen molar-refractivity contribution < 1.29 is 31.2 Å². The Bertz CT molecular complexity index is 1220. The number of nitrogens with zero attached hydrogens (tertiary/aromatic N) is 3. The zero-order chi connectivity index (χ0) is 21.0. The fraction of sp³-hybridized carbons (Fsp3) is 0.211. The molecular formula is C19H12F4N4O3. The number of halogens is 4. The van der Waals surface area contributed by atoms with Crippen LogP contribution in [0.3, 0.4) is 0 Å². The number of benzene rings is 1. The molecule has 0 radical (unpaired) electrons. The predicted molar refractivity (Wildman–Crippen MR) is 92.8 cm³/mol. The van der Waals surface area contributed by atoms with E-state index >= 15 is 0 Å². The van der Waals surface area contributed by atoms with Crippen molar-refractivity contribution >= 4 is 16.9 Å². The second kappa shape index (κ2) is 6.71. The molecule has 0 spiro atoms. The molecule has 1 aliphatic rings. The van der Waals surface area contributed by atoms with E-state index in [2.05, 4.69) is 15.0 Å². The van der Waals surface area contributed by atoms with Crippen LogP contribution in [0.5, 0.6) is 0 Å². The molecule has 0 aliphatic carbocycles. The number of furan rings is 1. The number of hydrogen-bond donors (Lipinski definition) is 1. The highest BCUT2D eigenvalue weighted by Crippen LogP contribution is 2.38. The number of carbonyl (C=O) groups excluding carboxylic acids is 1. The molecule has 0 bridgehead atoms. The average molecular weight is 420 g/mol. The molecule has 1 aliphatic heterocycles. The van der Waals surface area contributed by atoms with Gasteiger partial charge in [-0.15, -0.1) is 0 Å². The van der Waals surface area contributed by atoms with Gasteiger partial charge in [-0.3, -0.25) is 4.79 Å². The van der Waals surface area contributed by atoms with Crippen LogP contribution in [0.15, 0.2) is 39.8 Å². The highest BCUT2D eigenvalue weighted by atomic mass is 19.3. The molecule has 0 unspecified atom stereocenters. The number of fused-ring (bicyclic) bond motifs is 2. The molecule has 1 amide bonds. The molecule has 3 aromatic heterocycles. The van der Waals surface area contributed by atoms with Crippen LogP contribution in [-0.4, -0.2) is 32.3 Å². The molecule has 0 saturated carbocycles. The zero-order valence-electron chi connectivity index (χ0n) is 15.0. The molecule has 4 aromatic rings. The van der Waals surface area contributed by atoms with E-state index in [1.807, 2.05) is 0 Å². The number of imidazole rings is 1. The van der Waals surface area contributed by atoms with Crippen molar-refractivity contribution in [3.63, 3.8) is 0 Å². The summed E-state index contributed by atoms with van der Waals surface area (Å²) in [6.07, 6.45) is -0.478. The van der Waals surface area contributed by atoms with E-state index in [9.17, 15) is 22.4 Å². The third kappa shape index (κ3) is 2.69. The highest BCUT2D eigenvalue weighted by Gasteiger charge is 2.39. The van der Waals surface area contributed by atoms with E-state index in [0.717, 1.165) is 18.5 Å². The molecular weight excluding hydrogens is 408 g/mol. The van der Waals surface area contributed by atoms with Gasteiger partial charge in [0.1, 0.15) is 17.6 Å². The molecule has 0 saturated heterocycles. The molecule has 4 heterocycles. The van der Waals surface area contributed by atoms with Gasteiger partial charge in [-0.2, -0.15) is 0 Å². The van der Waals surface area contributed by atoms with Gasteiger partial charge in [-0.25, -0.2) is 27.5 Å². The standard InChI is InChI=1S/C19H12F4N4O3/c20-9-1-2-10(21)16-8(9)5-12(30-16)15-13-11(24-6-25-13)3-4-27(15)19(28)17-14(18(22)23)26-7-29-17/h1-2,5-7,15,18H,3-4H2,(H,24,25)/t15-/m0/s1. The van der Waals surface area contributed by atoms with Crippen molar-refractivity contribution in [1.29, 1.82) is 0 Å². The van der Waals surface area contributed by atoms with Crippen LogP contribution in [0.1, 0.15) is 45.9 Å². The first-order valence-electron chi connectivity index (χ1n) is 8.87. The normalized spacial score (nSPS) is 16.4. The van der Waals surface area contributed by atoms with Gasteiger partial charge in [0.05, 0.1) is 17.4 Å². The van der Waals surface area contributed by atoms with E-state index < -0.39 is 41.5 Å². The monoisotopic (exact) mass is 420 g/mol. The lowest BCUT2D eigenvalue weighted by Crippen LogP contribution is -2.40. The van der Waals surface area contributed by atoms with Crippen molar-refractivity contribution in [3.8, 4) is 0 Å². The Morgan fingerprint density at radius 1 is 1.23 bits per heavy atom. The maximum atomic E-state index is 14.2. The van der Waals surface area contributed by atoms with Crippen LogP contribution in [0.25, 0.3) is 11.0 Å². The second-order valence-corrected chi connectivity index (χ2v) is 6.71. The fourth-order valence-electron chi connectivity index (χ4n) is 3.70. The smallest absolute Gasteiger partial charge is 0.292 e. The van der Waals surface area contributed by atoms with Crippen molar-refractivity contribution in [2.75, 3.05) is 6.54 Å². The Kier molecular flexibility index (Phi) is 4.12. The minimum Gasteiger partial charge on any atom is -0.455 e. The van der Waals surface area contributed by atoms with Crippen LogP contribution < -0.4 is 0 Å². The topological polar surface area (TPSA) is 88.2 Å². The second-order valence-electron chi connectivity index (χ2n) is 6.71. The number of alkyl halides is 2. The Hall–Kier alpha value is -3.63. The fourth-order valence-corrected chi connectivity index (χ4v) is 3.70. The number of hydrogen-bond acceptors (Lipinski definition) is 5. The Morgan fingerprint density at radius 3 is 2.80 bits per heavy atom. The third-order valence-electron chi connectivity index (χ3n) is 5.05. The molecule has 5 rings (SSSR count). The number of H-pyrrole nitrogens is 1. The largest absolute Gasteiger partial charge is 0.455 e. The number of carbonyl (C=O) groups is 1. The predicted octanol–water partition coefficient (Wildman–Crippen LogP) is 4.15. The van der Waals surface area contributed by atoms with Gasteiger partial charge in [0, 0.05) is 18.7 Å². The molecule has 0 fully saturated rings. The van der Waals surface area contributed by atoms with Crippen molar-refractivity contribution in [3.05, 3.63) is 71.2 Å². The maximum absolute atomic E-state index is 14.2. The Morgan fingerprint density at radius 2 is 2.03 bits per heavy atom. The van der Waals surface area contributed by atoms with Gasteiger partial charge in [-0.05, 0) is 18.2 Å². The number of aromatic amines is 1. The lowest BCUT2D eigenvalue weighted by molar-refractivity contribution is 0.0625. The SMILES string of the molecule is O=C(c1ocnc1C(F)F)N1CCc2[nH]cnc2[C@@H]1c1cc2c(F)ccc(F)c2o1. The number of rotatable bonds is 3. The molecule has 154 valence electrons. The molecule has 1 aromatic carbocycles. The van der Waals surface area contributed by atoms with Crippen molar-refractivity contribution in [2.45, 2.75) is 18.9 Å². The summed E-state index contributed by atoms with van der Waals surface area (Å²) < 4.78 is 65.2.